The van der Waals surface area contributed by atoms with E-state index in [1.807, 2.05) is 42.5 Å². The number of nitrogens with one attached hydrogen (secondary N) is 1. The van der Waals surface area contributed by atoms with Gasteiger partial charge in [-0.2, -0.15) is 4.98 Å². The van der Waals surface area contributed by atoms with Crippen molar-refractivity contribution in [3.8, 4) is 0 Å². The van der Waals surface area contributed by atoms with Crippen molar-refractivity contribution in [2.75, 3.05) is 6.54 Å². The first-order valence-corrected chi connectivity index (χ1v) is 10.9. The van der Waals surface area contributed by atoms with Gasteiger partial charge in [-0.05, 0) is 35.6 Å². The third kappa shape index (κ3) is 5.48. The summed E-state index contributed by atoms with van der Waals surface area (Å²) < 4.78 is 5.27. The molecule has 1 amide bonds. The maximum Gasteiger partial charge on any atom is 0.308 e. The average Bonchev–Trinajstić information content (AvgIpc) is 3.46. The van der Waals surface area contributed by atoms with Crippen LogP contribution >= 0.6 is 0 Å². The molecule has 0 bridgehead atoms. The Morgan fingerprint density at radius 1 is 1.13 bits per heavy atom. The quantitative estimate of drug-likeness (QED) is 0.543. The molecule has 2 N–H and O–H groups in total. The summed E-state index contributed by atoms with van der Waals surface area (Å²) in [4.78, 5) is 28.4. The maximum atomic E-state index is 12.2. The molecule has 7 heteroatoms. The topological polar surface area (TPSA) is 105 Å². The standard InChI is InChI=1S/C24H27N3O4/c28-21(11-12-22-26-23(27-31-22)18-6-2-3-7-18)25-15-20(24(29)30)14-16-9-10-17-5-1-4-8-19(17)13-16/h1,4-5,8-10,13,18,20H,2-3,6-7,11-12,14-15H2,(H,25,28)(H,29,30)/t20-/m1/s1. The number of carbonyl (C=O) groups excluding carboxylic acids is 1. The number of fused-ring (bicyclic) bond motifs is 1. The maximum absolute atomic E-state index is 12.2. The van der Waals surface area contributed by atoms with E-state index < -0.39 is 11.9 Å². The van der Waals surface area contributed by atoms with Crippen molar-refractivity contribution in [2.24, 2.45) is 5.92 Å². The van der Waals surface area contributed by atoms with Crippen LogP contribution in [0.1, 0.15) is 55.3 Å². The predicted molar refractivity (Wildman–Crippen MR) is 116 cm³/mol. The Kier molecular flexibility index (Phi) is 6.60. The first kappa shape index (κ1) is 21.0. The van der Waals surface area contributed by atoms with Gasteiger partial charge in [0.25, 0.3) is 0 Å². The molecule has 2 aromatic carbocycles. The Bertz CT molecular complexity index is 1060. The number of aliphatic carboxylic acids is 1. The highest BCUT2D eigenvalue weighted by Gasteiger charge is 2.23. The molecular formula is C24H27N3O4. The van der Waals surface area contributed by atoms with Gasteiger partial charge >= 0.3 is 5.97 Å². The molecule has 4 rings (SSSR count). The summed E-state index contributed by atoms with van der Waals surface area (Å²) in [6.07, 6.45) is 5.47. The van der Waals surface area contributed by atoms with E-state index in [1.54, 1.807) is 0 Å². The molecule has 0 saturated heterocycles. The smallest absolute Gasteiger partial charge is 0.308 e. The zero-order chi connectivity index (χ0) is 21.6. The second-order valence-electron chi connectivity index (χ2n) is 8.25. The summed E-state index contributed by atoms with van der Waals surface area (Å²) in [5.41, 5.74) is 0.936. The highest BCUT2D eigenvalue weighted by atomic mass is 16.5. The zero-order valence-corrected chi connectivity index (χ0v) is 17.4. The second kappa shape index (κ2) is 9.73. The van der Waals surface area contributed by atoms with Crippen LogP contribution in [0.3, 0.4) is 0 Å². The van der Waals surface area contributed by atoms with Crippen molar-refractivity contribution < 1.29 is 19.2 Å². The van der Waals surface area contributed by atoms with Crippen LogP contribution in [-0.4, -0.2) is 33.7 Å². The number of aromatic nitrogens is 2. The van der Waals surface area contributed by atoms with E-state index in [0.717, 1.165) is 35.0 Å². The summed E-state index contributed by atoms with van der Waals surface area (Å²) >= 11 is 0. The fraction of sp³-hybridized carbons (Fsp3) is 0.417. The number of aryl methyl sites for hydroxylation is 1. The molecule has 3 aromatic rings. The van der Waals surface area contributed by atoms with E-state index in [2.05, 4.69) is 15.5 Å². The van der Waals surface area contributed by atoms with E-state index in [-0.39, 0.29) is 18.9 Å². The van der Waals surface area contributed by atoms with Crippen LogP contribution < -0.4 is 5.32 Å². The van der Waals surface area contributed by atoms with Crippen LogP contribution in [0.25, 0.3) is 10.8 Å². The molecule has 1 aromatic heterocycles. The second-order valence-corrected chi connectivity index (χ2v) is 8.25. The molecule has 162 valence electrons. The lowest BCUT2D eigenvalue weighted by Gasteiger charge is -2.14. The molecule has 1 heterocycles. The van der Waals surface area contributed by atoms with Crippen molar-refractivity contribution in [1.82, 2.24) is 15.5 Å². The normalized spacial score (nSPS) is 15.2. The molecule has 1 atom stereocenters. The van der Waals surface area contributed by atoms with E-state index in [1.165, 1.54) is 12.8 Å². The third-order valence-corrected chi connectivity index (χ3v) is 5.96. The summed E-state index contributed by atoms with van der Waals surface area (Å²) in [6.45, 7) is 0.0815. The van der Waals surface area contributed by atoms with Gasteiger partial charge < -0.3 is 14.9 Å². The zero-order valence-electron chi connectivity index (χ0n) is 17.4. The van der Waals surface area contributed by atoms with Crippen LogP contribution in [0, 0.1) is 5.92 Å². The molecule has 31 heavy (non-hydrogen) atoms. The molecule has 7 nitrogen and oxygen atoms in total. The Morgan fingerprint density at radius 3 is 2.68 bits per heavy atom. The summed E-state index contributed by atoms with van der Waals surface area (Å²) in [6, 6.07) is 13.9. The number of carboxylic acid groups (broad SMARTS) is 1. The lowest BCUT2D eigenvalue weighted by molar-refractivity contribution is -0.141. The molecule has 0 aliphatic heterocycles. The monoisotopic (exact) mass is 421 g/mol. The van der Waals surface area contributed by atoms with Gasteiger partial charge in [-0.25, -0.2) is 0 Å². The van der Waals surface area contributed by atoms with Crippen LogP contribution in [0.4, 0.5) is 0 Å². The summed E-state index contributed by atoms with van der Waals surface area (Å²) in [5.74, 6) is -0.255. The number of hydrogen-bond donors (Lipinski definition) is 2. The Hall–Kier alpha value is -3.22. The van der Waals surface area contributed by atoms with E-state index in [0.29, 0.717) is 24.7 Å². The number of benzene rings is 2. The van der Waals surface area contributed by atoms with Crippen LogP contribution in [0.15, 0.2) is 47.0 Å². The fourth-order valence-electron chi connectivity index (χ4n) is 4.16. The lowest BCUT2D eigenvalue weighted by Crippen LogP contribution is -2.34. The first-order valence-electron chi connectivity index (χ1n) is 10.9. The molecule has 0 spiro atoms. The number of hydrogen-bond acceptors (Lipinski definition) is 5. The molecule has 1 fully saturated rings. The summed E-state index contributed by atoms with van der Waals surface area (Å²) in [5, 5.41) is 18.6. The molecule has 1 aliphatic rings. The van der Waals surface area contributed by atoms with Gasteiger partial charge in [0.15, 0.2) is 5.82 Å². The van der Waals surface area contributed by atoms with Crippen molar-refractivity contribution in [3.05, 3.63) is 59.7 Å². The van der Waals surface area contributed by atoms with Gasteiger partial charge in [-0.1, -0.05) is 60.5 Å². The SMILES string of the molecule is O=C(CCc1nc(C2CCCC2)no1)NC[C@@H](Cc1ccc2ccccc2c1)C(=O)O. The number of nitrogens with zero attached hydrogens (tertiary/aromatic N) is 2. The van der Waals surface area contributed by atoms with Gasteiger partial charge in [-0.3, -0.25) is 9.59 Å². The fourth-order valence-corrected chi connectivity index (χ4v) is 4.16. The number of carboxylic acids is 1. The minimum Gasteiger partial charge on any atom is -0.481 e. The summed E-state index contributed by atoms with van der Waals surface area (Å²) in [7, 11) is 0. The Balaban J connectivity index is 1.27. The van der Waals surface area contributed by atoms with Crippen LogP contribution in [-0.2, 0) is 22.4 Å². The van der Waals surface area contributed by atoms with Crippen molar-refractivity contribution in [2.45, 2.75) is 50.9 Å². The van der Waals surface area contributed by atoms with Gasteiger partial charge in [0.1, 0.15) is 0 Å². The van der Waals surface area contributed by atoms with Gasteiger partial charge in [0.05, 0.1) is 5.92 Å². The van der Waals surface area contributed by atoms with Gasteiger partial charge in [-0.15, -0.1) is 0 Å². The Morgan fingerprint density at radius 2 is 1.90 bits per heavy atom. The number of carbonyl (C=O) groups is 2. The van der Waals surface area contributed by atoms with Crippen LogP contribution in [0.2, 0.25) is 0 Å². The molecule has 1 aliphatic carbocycles. The highest BCUT2D eigenvalue weighted by Crippen LogP contribution is 2.32. The van der Waals surface area contributed by atoms with Crippen molar-refractivity contribution in [3.63, 3.8) is 0 Å². The third-order valence-electron chi connectivity index (χ3n) is 5.96. The van der Waals surface area contributed by atoms with Gasteiger partial charge in [0, 0.05) is 25.3 Å². The minimum atomic E-state index is -0.924. The number of rotatable bonds is 9. The van der Waals surface area contributed by atoms with Crippen molar-refractivity contribution in [1.29, 1.82) is 0 Å². The lowest BCUT2D eigenvalue weighted by atomic mass is 9.97. The van der Waals surface area contributed by atoms with Crippen LogP contribution in [0.5, 0.6) is 0 Å². The highest BCUT2D eigenvalue weighted by molar-refractivity contribution is 5.83. The number of amides is 1. The molecule has 0 radical (unpaired) electrons. The Labute approximate surface area is 180 Å². The van der Waals surface area contributed by atoms with E-state index >= 15 is 0 Å². The molecule has 0 unspecified atom stereocenters. The first-order chi connectivity index (χ1) is 15.1. The minimum absolute atomic E-state index is 0.0815. The van der Waals surface area contributed by atoms with Gasteiger partial charge in [0.2, 0.25) is 11.8 Å². The van der Waals surface area contributed by atoms with E-state index in [4.69, 9.17) is 4.52 Å². The predicted octanol–water partition coefficient (Wildman–Crippen LogP) is 3.87. The largest absolute Gasteiger partial charge is 0.481 e. The van der Waals surface area contributed by atoms with E-state index in [9.17, 15) is 14.7 Å². The average molecular weight is 421 g/mol. The molecular weight excluding hydrogens is 394 g/mol. The molecule has 1 saturated carbocycles. The van der Waals surface area contributed by atoms with Crippen molar-refractivity contribution >= 4 is 22.6 Å².